The van der Waals surface area contributed by atoms with Crippen LogP contribution in [0.5, 0.6) is 0 Å². The zero-order chi connectivity index (χ0) is 13.3. The molecule has 0 amide bonds. The van der Waals surface area contributed by atoms with Crippen molar-refractivity contribution >= 4 is 7.14 Å². The van der Waals surface area contributed by atoms with Gasteiger partial charge < -0.3 is 4.57 Å². The van der Waals surface area contributed by atoms with Crippen LogP contribution in [0.25, 0.3) is 0 Å². The molecule has 0 rings (SSSR count). The summed E-state index contributed by atoms with van der Waals surface area (Å²) in [6, 6.07) is 0. The van der Waals surface area contributed by atoms with Gasteiger partial charge in [-0.3, -0.25) is 0 Å². The summed E-state index contributed by atoms with van der Waals surface area (Å²) in [5.74, 6) is 0.573. The third-order valence-electron chi connectivity index (χ3n) is 3.51. The Hall–Kier alpha value is 0.230. The van der Waals surface area contributed by atoms with Crippen molar-refractivity contribution in [1.29, 1.82) is 0 Å². The summed E-state index contributed by atoms with van der Waals surface area (Å²) in [6.07, 6.45) is 9.71. The fraction of sp³-hybridized carbons (Fsp3) is 1.00. The van der Waals surface area contributed by atoms with Crippen LogP contribution in [0.4, 0.5) is 0 Å². The van der Waals surface area contributed by atoms with Gasteiger partial charge in [0.25, 0.3) is 0 Å². The lowest BCUT2D eigenvalue weighted by Crippen LogP contribution is -2.10. The maximum Gasteiger partial charge on any atom is 0.0903 e. The van der Waals surface area contributed by atoms with Gasteiger partial charge in [-0.1, -0.05) is 66.7 Å². The van der Waals surface area contributed by atoms with E-state index >= 15 is 0 Å². The van der Waals surface area contributed by atoms with Gasteiger partial charge in [-0.15, -0.1) is 0 Å². The molecule has 0 heterocycles. The molecule has 0 N–H and O–H groups in total. The first kappa shape index (κ1) is 17.2. The van der Waals surface area contributed by atoms with E-state index in [1.807, 2.05) is 0 Å². The standard InChI is InChI=1S/C15H33OP/c1-6-7-8-9-10-11-12-17(16,15(4)5)13-14(2)3/h14-15H,6-13H2,1-5H3/i17+1. The number of hydrogen-bond acceptors (Lipinski definition) is 1. The second kappa shape index (κ2) is 9.20. The van der Waals surface area contributed by atoms with Gasteiger partial charge in [0.2, 0.25) is 0 Å². The van der Waals surface area contributed by atoms with Gasteiger partial charge in [0, 0.05) is 18.0 Å². The zero-order valence-electron chi connectivity index (χ0n) is 12.7. The highest BCUT2D eigenvalue weighted by Gasteiger charge is 2.26. The molecular formula is C15H33OP. The molecule has 0 bridgehead atoms. The molecular weight excluding hydrogens is 228 g/mol. The topological polar surface area (TPSA) is 17.1 Å². The van der Waals surface area contributed by atoms with Crippen LogP contribution in [0.15, 0.2) is 0 Å². The van der Waals surface area contributed by atoms with Crippen molar-refractivity contribution in [2.45, 2.75) is 78.8 Å². The lowest BCUT2D eigenvalue weighted by atomic mass is 10.1. The van der Waals surface area contributed by atoms with Crippen LogP contribution in [0.2, 0.25) is 0 Å². The Morgan fingerprint density at radius 3 is 1.88 bits per heavy atom. The van der Waals surface area contributed by atoms with Crippen molar-refractivity contribution in [3.05, 3.63) is 0 Å². The molecule has 0 spiro atoms. The van der Waals surface area contributed by atoms with Crippen molar-refractivity contribution in [1.82, 2.24) is 0 Å². The molecule has 1 nitrogen and oxygen atoms in total. The molecule has 17 heavy (non-hydrogen) atoms. The Bertz CT molecular complexity index is 221. The minimum absolute atomic E-state index is 0.376. The minimum atomic E-state index is -1.90. The van der Waals surface area contributed by atoms with Crippen LogP contribution in [0.3, 0.4) is 0 Å². The average Bonchev–Trinajstić information content (AvgIpc) is 2.22. The van der Waals surface area contributed by atoms with Gasteiger partial charge in [0.15, 0.2) is 0 Å². The van der Waals surface area contributed by atoms with E-state index in [1.54, 1.807) is 0 Å². The van der Waals surface area contributed by atoms with E-state index in [-0.39, 0.29) is 0 Å². The van der Waals surface area contributed by atoms with Gasteiger partial charge >= 0.3 is 0 Å². The summed E-state index contributed by atoms with van der Waals surface area (Å²) in [5, 5.41) is 0. The van der Waals surface area contributed by atoms with E-state index in [9.17, 15) is 4.57 Å². The predicted molar refractivity (Wildman–Crippen MR) is 80.7 cm³/mol. The molecule has 0 radical (unpaired) electrons. The molecule has 1 unspecified atom stereocenters. The summed E-state index contributed by atoms with van der Waals surface area (Å²) < 4.78 is 12.8. The summed E-state index contributed by atoms with van der Waals surface area (Å²) in [6.45, 7) is 10.9. The van der Waals surface area contributed by atoms with Crippen LogP contribution in [0.1, 0.15) is 73.1 Å². The Labute approximate surface area is 109 Å². The first-order chi connectivity index (χ1) is 7.92. The van der Waals surface area contributed by atoms with Gasteiger partial charge in [0.1, 0.15) is 0 Å². The van der Waals surface area contributed by atoms with E-state index in [0.29, 0.717) is 11.6 Å². The van der Waals surface area contributed by atoms with Crippen molar-refractivity contribution in [2.24, 2.45) is 5.92 Å². The zero-order valence-corrected chi connectivity index (χ0v) is 13.6. The fourth-order valence-electron chi connectivity index (χ4n) is 2.34. The lowest BCUT2D eigenvalue weighted by molar-refractivity contribution is 0.552. The van der Waals surface area contributed by atoms with Gasteiger partial charge in [-0.05, 0) is 12.3 Å². The monoisotopic (exact) mass is 261 g/mol. The van der Waals surface area contributed by atoms with Crippen LogP contribution in [-0.2, 0) is 4.57 Å². The highest BCUT2D eigenvalue weighted by Crippen LogP contribution is 2.52. The highest BCUT2D eigenvalue weighted by molar-refractivity contribution is 7.64. The van der Waals surface area contributed by atoms with Gasteiger partial charge in [0.05, 0.1) is 7.14 Å². The second-order valence-electron chi connectivity index (χ2n) is 6.11. The van der Waals surface area contributed by atoms with Gasteiger partial charge in [-0.2, -0.15) is 0 Å². The highest BCUT2D eigenvalue weighted by atomic mass is 32.2. The molecule has 1 atom stereocenters. The third-order valence-corrected chi connectivity index (χ3v) is 7.81. The molecule has 0 aliphatic heterocycles. The van der Waals surface area contributed by atoms with E-state index < -0.39 is 7.14 Å². The Kier molecular flexibility index (Phi) is 9.32. The van der Waals surface area contributed by atoms with E-state index in [2.05, 4.69) is 34.6 Å². The summed E-state index contributed by atoms with van der Waals surface area (Å²) >= 11 is 0. The first-order valence-corrected chi connectivity index (χ1v) is 9.64. The molecule has 0 saturated heterocycles. The molecule has 104 valence electrons. The van der Waals surface area contributed by atoms with Gasteiger partial charge in [-0.25, -0.2) is 0 Å². The Morgan fingerprint density at radius 2 is 1.41 bits per heavy atom. The quantitative estimate of drug-likeness (QED) is 0.360. The Balaban J connectivity index is 3.90. The summed E-state index contributed by atoms with van der Waals surface area (Å²) in [4.78, 5) is 0. The molecule has 0 aromatic carbocycles. The number of unbranched alkanes of at least 4 members (excludes halogenated alkanes) is 5. The summed E-state index contributed by atoms with van der Waals surface area (Å²) in [5.41, 5.74) is 0.376. The first-order valence-electron chi connectivity index (χ1n) is 7.50. The third kappa shape index (κ3) is 8.03. The normalized spacial score (nSPS) is 15.5. The molecule has 0 fully saturated rings. The maximum atomic E-state index is 12.8. The molecule has 2 heteroatoms. The lowest BCUT2D eigenvalue weighted by Gasteiger charge is -2.24. The van der Waals surface area contributed by atoms with Crippen LogP contribution in [-0.4, -0.2) is 18.0 Å². The molecule has 0 aromatic heterocycles. The van der Waals surface area contributed by atoms with Crippen LogP contribution >= 0.6 is 7.14 Å². The number of rotatable bonds is 10. The second-order valence-corrected chi connectivity index (χ2v) is 9.86. The van der Waals surface area contributed by atoms with Crippen molar-refractivity contribution < 1.29 is 4.57 Å². The van der Waals surface area contributed by atoms with E-state index in [1.165, 1.54) is 38.5 Å². The average molecular weight is 261 g/mol. The van der Waals surface area contributed by atoms with Crippen molar-refractivity contribution in [3.63, 3.8) is 0 Å². The van der Waals surface area contributed by atoms with Crippen LogP contribution in [0, 0.1) is 5.92 Å². The fourth-order valence-corrected chi connectivity index (χ4v) is 5.45. The van der Waals surface area contributed by atoms with E-state index in [0.717, 1.165) is 12.3 Å². The SMILES string of the molecule is CCCCCCCC[32P](=O)(CC(C)C)C(C)C. The van der Waals surface area contributed by atoms with Crippen molar-refractivity contribution in [2.75, 3.05) is 12.3 Å². The Morgan fingerprint density at radius 1 is 0.882 bits per heavy atom. The minimum Gasteiger partial charge on any atom is -0.323 e. The number of hydrogen-bond donors (Lipinski definition) is 0. The van der Waals surface area contributed by atoms with E-state index in [4.69, 9.17) is 0 Å². The van der Waals surface area contributed by atoms with Crippen LogP contribution < -0.4 is 0 Å². The largest absolute Gasteiger partial charge is 0.323 e. The molecule has 0 saturated carbocycles. The maximum absolute atomic E-state index is 12.8. The molecule has 0 aromatic rings. The molecule has 0 aliphatic carbocycles. The van der Waals surface area contributed by atoms with Crippen molar-refractivity contribution in [3.8, 4) is 0 Å². The smallest absolute Gasteiger partial charge is 0.0903 e. The summed E-state index contributed by atoms with van der Waals surface area (Å²) in [7, 11) is -1.90. The predicted octanol–water partition coefficient (Wildman–Crippen LogP) is 5.77. The molecule has 0 aliphatic rings.